The lowest BCUT2D eigenvalue weighted by molar-refractivity contribution is -0.115. The van der Waals surface area contributed by atoms with Crippen LogP contribution in [0.25, 0.3) is 6.08 Å². The molecule has 3 nitrogen and oxygen atoms in total. The van der Waals surface area contributed by atoms with Crippen molar-refractivity contribution in [2.24, 2.45) is 5.92 Å². The zero-order valence-corrected chi connectivity index (χ0v) is 17.7. The number of benzene rings is 1. The van der Waals surface area contributed by atoms with Crippen LogP contribution in [-0.4, -0.2) is 21.8 Å². The number of thiocarbonyl (C=S) groups is 1. The molecule has 0 aliphatic heterocycles. The number of carbonyl (C=O) groups excluding carboxylic acids is 1. The first-order valence-electron chi connectivity index (χ1n) is 9.07. The van der Waals surface area contributed by atoms with E-state index < -0.39 is 0 Å². The van der Waals surface area contributed by atoms with Crippen molar-refractivity contribution in [1.82, 2.24) is 0 Å². The van der Waals surface area contributed by atoms with Crippen molar-refractivity contribution in [3.8, 4) is 11.5 Å². The average Bonchev–Trinajstić information content (AvgIpc) is 2.51. The van der Waals surface area contributed by atoms with E-state index in [1.165, 1.54) is 0 Å². The zero-order valence-electron chi connectivity index (χ0n) is 16.9. The van der Waals surface area contributed by atoms with Gasteiger partial charge in [-0.1, -0.05) is 24.4 Å². The van der Waals surface area contributed by atoms with Crippen LogP contribution in [0.15, 0.2) is 48.6 Å². The maximum absolute atomic E-state index is 12.4. The van der Waals surface area contributed by atoms with Crippen molar-refractivity contribution in [3.05, 3.63) is 54.1 Å². The van der Waals surface area contributed by atoms with Crippen LogP contribution in [0.1, 0.15) is 47.1 Å². The normalized spacial score (nSPS) is 15.4. The van der Waals surface area contributed by atoms with Gasteiger partial charge in [-0.2, -0.15) is 0 Å². The van der Waals surface area contributed by atoms with Crippen LogP contribution in [0.2, 0.25) is 0 Å². The van der Waals surface area contributed by atoms with Crippen LogP contribution in [0.5, 0.6) is 11.5 Å². The number of ketones is 1. The largest absolute Gasteiger partial charge is 0.488 e. The van der Waals surface area contributed by atoms with E-state index in [1.807, 2.05) is 71.9 Å². The van der Waals surface area contributed by atoms with Crippen LogP contribution < -0.4 is 9.47 Å². The van der Waals surface area contributed by atoms with E-state index >= 15 is 0 Å². The molecule has 0 N–H and O–H groups in total. The van der Waals surface area contributed by atoms with Crippen LogP contribution >= 0.6 is 12.2 Å². The Morgan fingerprint density at radius 1 is 1.00 bits per heavy atom. The van der Waals surface area contributed by atoms with E-state index in [4.69, 9.17) is 21.7 Å². The molecular formula is C23H28O3S. The molecule has 0 radical (unpaired) electrons. The van der Waals surface area contributed by atoms with Gasteiger partial charge in [0.1, 0.15) is 22.7 Å². The highest BCUT2D eigenvalue weighted by molar-refractivity contribution is 7.81. The van der Waals surface area contributed by atoms with Gasteiger partial charge in [-0.15, -0.1) is 0 Å². The van der Waals surface area contributed by atoms with Crippen LogP contribution in [0, 0.1) is 5.92 Å². The second-order valence-electron chi connectivity index (χ2n) is 8.51. The van der Waals surface area contributed by atoms with Gasteiger partial charge in [0.15, 0.2) is 5.78 Å². The second-order valence-corrected chi connectivity index (χ2v) is 8.98. The fourth-order valence-electron chi connectivity index (χ4n) is 2.48. The van der Waals surface area contributed by atoms with Crippen molar-refractivity contribution < 1.29 is 14.3 Å². The molecule has 0 aromatic heterocycles. The van der Waals surface area contributed by atoms with Gasteiger partial charge in [-0.25, -0.2) is 0 Å². The Hall–Kier alpha value is -2.20. The first-order valence-corrected chi connectivity index (χ1v) is 9.48. The van der Waals surface area contributed by atoms with Crippen molar-refractivity contribution in [1.29, 1.82) is 0 Å². The predicted molar refractivity (Wildman–Crippen MR) is 116 cm³/mol. The van der Waals surface area contributed by atoms with E-state index in [-0.39, 0.29) is 22.9 Å². The standard InChI is InChI=1S/C23H28O3S/c1-22(2,3)25-18-11-7-17(21(15-18)26-23(4,5)6)10-14-20(24)16-8-12-19(27)13-9-16/h7-16H,1-6H3/b14-10+. The van der Waals surface area contributed by atoms with Gasteiger partial charge < -0.3 is 9.47 Å². The predicted octanol–water partition coefficient (Wildman–Crippen LogP) is 5.74. The number of ether oxygens (including phenoxy) is 2. The van der Waals surface area contributed by atoms with E-state index in [0.29, 0.717) is 5.75 Å². The molecule has 0 amide bonds. The van der Waals surface area contributed by atoms with Crippen molar-refractivity contribution >= 4 is 28.9 Å². The minimum absolute atomic E-state index is 0.00160. The summed E-state index contributed by atoms with van der Waals surface area (Å²) in [7, 11) is 0. The lowest BCUT2D eigenvalue weighted by Gasteiger charge is -2.25. The summed E-state index contributed by atoms with van der Waals surface area (Å²) >= 11 is 5.07. The molecular weight excluding hydrogens is 356 g/mol. The lowest BCUT2D eigenvalue weighted by atomic mass is 9.97. The van der Waals surface area contributed by atoms with Crippen LogP contribution in [0.4, 0.5) is 0 Å². The van der Waals surface area contributed by atoms with Gasteiger partial charge >= 0.3 is 0 Å². The number of hydrogen-bond donors (Lipinski definition) is 0. The molecule has 2 rings (SSSR count). The molecule has 1 aromatic carbocycles. The maximum Gasteiger partial charge on any atom is 0.166 e. The van der Waals surface area contributed by atoms with Crippen LogP contribution in [-0.2, 0) is 4.79 Å². The Morgan fingerprint density at radius 2 is 1.59 bits per heavy atom. The summed E-state index contributed by atoms with van der Waals surface area (Å²) in [4.78, 5) is 13.2. The molecule has 0 atom stereocenters. The van der Waals surface area contributed by atoms with Gasteiger partial charge in [0, 0.05) is 16.5 Å². The summed E-state index contributed by atoms with van der Waals surface area (Å²) in [5.41, 5.74) is 0.170. The minimum atomic E-state index is -0.364. The highest BCUT2D eigenvalue weighted by Gasteiger charge is 2.18. The van der Waals surface area contributed by atoms with E-state index in [9.17, 15) is 4.79 Å². The highest BCUT2D eigenvalue weighted by atomic mass is 32.1. The second kappa shape index (κ2) is 8.22. The van der Waals surface area contributed by atoms with Gasteiger partial charge in [0.2, 0.25) is 0 Å². The molecule has 0 heterocycles. The third-order valence-corrected chi connectivity index (χ3v) is 3.79. The van der Waals surface area contributed by atoms with Crippen molar-refractivity contribution in [2.45, 2.75) is 52.7 Å². The smallest absolute Gasteiger partial charge is 0.166 e. The van der Waals surface area contributed by atoms with E-state index in [0.717, 1.165) is 16.2 Å². The third kappa shape index (κ3) is 7.14. The summed E-state index contributed by atoms with van der Waals surface area (Å²) in [6.07, 6.45) is 10.6. The molecule has 4 heteroatoms. The SMILES string of the molecule is CC(C)(C)Oc1ccc(/C=C/C(=O)C2C=CC(=S)C=C2)c(OC(C)(C)C)c1. The summed E-state index contributed by atoms with van der Waals surface area (Å²) in [6, 6.07) is 5.68. The molecule has 0 unspecified atom stereocenters. The first kappa shape index (κ1) is 21.1. The van der Waals surface area contributed by atoms with Gasteiger partial charge in [0.25, 0.3) is 0 Å². The van der Waals surface area contributed by atoms with Crippen LogP contribution in [0.3, 0.4) is 0 Å². The van der Waals surface area contributed by atoms with Crippen molar-refractivity contribution in [2.75, 3.05) is 0 Å². The molecule has 1 aliphatic carbocycles. The summed E-state index contributed by atoms with van der Waals surface area (Å²) in [5.74, 6) is 1.14. The number of rotatable bonds is 5. The summed E-state index contributed by atoms with van der Waals surface area (Å²) < 4.78 is 12.0. The Kier molecular flexibility index (Phi) is 6.42. The Bertz CT molecular complexity index is 786. The zero-order chi connectivity index (χ0) is 20.2. The van der Waals surface area contributed by atoms with E-state index in [1.54, 1.807) is 24.3 Å². The quantitative estimate of drug-likeness (QED) is 0.479. The highest BCUT2D eigenvalue weighted by Crippen LogP contribution is 2.31. The minimum Gasteiger partial charge on any atom is -0.488 e. The lowest BCUT2D eigenvalue weighted by Crippen LogP contribution is -2.24. The van der Waals surface area contributed by atoms with Gasteiger partial charge in [-0.05, 0) is 78.0 Å². The molecule has 1 aromatic rings. The molecule has 0 bridgehead atoms. The van der Waals surface area contributed by atoms with E-state index in [2.05, 4.69) is 0 Å². The Balaban J connectivity index is 2.26. The molecule has 0 saturated carbocycles. The fraction of sp³-hybridized carbons (Fsp3) is 0.391. The Morgan fingerprint density at radius 3 is 2.15 bits per heavy atom. The summed E-state index contributed by atoms with van der Waals surface area (Å²) in [5, 5.41) is 0. The van der Waals surface area contributed by atoms with Gasteiger partial charge in [0.05, 0.1) is 5.92 Å². The van der Waals surface area contributed by atoms with Crippen molar-refractivity contribution in [3.63, 3.8) is 0 Å². The summed E-state index contributed by atoms with van der Waals surface area (Å²) in [6.45, 7) is 12.0. The topological polar surface area (TPSA) is 35.5 Å². The van der Waals surface area contributed by atoms with Gasteiger partial charge in [-0.3, -0.25) is 4.79 Å². The average molecular weight is 385 g/mol. The molecule has 0 saturated heterocycles. The number of hydrogen-bond acceptors (Lipinski definition) is 4. The molecule has 0 fully saturated rings. The number of allylic oxidation sites excluding steroid dienone is 5. The number of carbonyl (C=O) groups is 1. The fourth-order valence-corrected chi connectivity index (χ4v) is 2.63. The third-order valence-electron chi connectivity index (χ3n) is 3.52. The monoisotopic (exact) mass is 384 g/mol. The first-order chi connectivity index (χ1) is 12.4. The molecule has 27 heavy (non-hydrogen) atoms. The molecule has 0 spiro atoms. The molecule has 1 aliphatic rings. The maximum atomic E-state index is 12.4. The molecule has 144 valence electrons. The Labute approximate surface area is 167 Å².